The van der Waals surface area contributed by atoms with Gasteiger partial charge < -0.3 is 24.8 Å². The Balaban J connectivity index is 1.67. The van der Waals surface area contributed by atoms with Crippen LogP contribution in [-0.2, 0) is 11.3 Å². The third-order valence-electron chi connectivity index (χ3n) is 5.47. The number of rotatable bonds is 0. The second kappa shape index (κ2) is 9.53. The van der Waals surface area contributed by atoms with Crippen LogP contribution in [0.3, 0.4) is 0 Å². The lowest BCUT2D eigenvalue weighted by Gasteiger charge is -2.22. The molecule has 3 aromatic rings. The Kier molecular flexibility index (Phi) is 6.58. The van der Waals surface area contributed by atoms with Gasteiger partial charge in [0, 0.05) is 51.1 Å². The second-order valence-corrected chi connectivity index (χ2v) is 8.30. The number of benzene rings is 1. The molecule has 3 heterocycles. The van der Waals surface area contributed by atoms with Crippen LogP contribution in [0.15, 0.2) is 30.7 Å². The van der Waals surface area contributed by atoms with Crippen LogP contribution >= 0.6 is 11.6 Å². The van der Waals surface area contributed by atoms with Gasteiger partial charge in [-0.3, -0.25) is 4.79 Å². The van der Waals surface area contributed by atoms with Gasteiger partial charge in [-0.25, -0.2) is 9.97 Å². The molecule has 31 heavy (non-hydrogen) atoms. The maximum Gasteiger partial charge on any atom is 0.222 e. The number of nitrogens with one attached hydrogen (secondary N) is 2. The average Bonchev–Trinajstić information content (AvgIpc) is 3.16. The number of carbonyl (C=O) groups is 1. The highest BCUT2D eigenvalue weighted by Gasteiger charge is 2.15. The Morgan fingerprint density at radius 2 is 2.03 bits per heavy atom. The number of fused-ring (bicyclic) bond motifs is 2. The van der Waals surface area contributed by atoms with E-state index in [-0.39, 0.29) is 5.91 Å². The Bertz CT molecular complexity index is 1070. The topological polar surface area (TPSA) is 86.4 Å². The number of aromatic amines is 1. The molecule has 0 unspecified atom stereocenters. The fourth-order valence-electron chi connectivity index (χ4n) is 3.64. The van der Waals surface area contributed by atoms with E-state index in [0.717, 1.165) is 47.5 Å². The molecule has 164 valence electrons. The molecule has 0 atom stereocenters. The first-order chi connectivity index (χ1) is 15.0. The summed E-state index contributed by atoms with van der Waals surface area (Å²) in [6.45, 7) is 2.66. The van der Waals surface area contributed by atoms with Crippen molar-refractivity contribution in [2.45, 2.75) is 25.8 Å². The monoisotopic (exact) mass is 442 g/mol. The Hall–Kier alpha value is -2.84. The number of likely N-dealkylation sites (N-methyl/N-ethyl adjacent to an activating group) is 2. The zero-order chi connectivity index (χ0) is 21.8. The van der Waals surface area contributed by atoms with Gasteiger partial charge >= 0.3 is 0 Å². The highest BCUT2D eigenvalue weighted by atomic mass is 35.5. The predicted octanol–water partition coefficient (Wildman–Crippen LogP) is 3.81. The fourth-order valence-corrected chi connectivity index (χ4v) is 3.81. The molecule has 0 saturated carbocycles. The van der Waals surface area contributed by atoms with Gasteiger partial charge in [-0.15, -0.1) is 0 Å². The van der Waals surface area contributed by atoms with Crippen molar-refractivity contribution >= 4 is 40.0 Å². The van der Waals surface area contributed by atoms with Gasteiger partial charge in [0.2, 0.25) is 5.91 Å². The number of H-pyrrole nitrogens is 1. The highest BCUT2D eigenvalue weighted by molar-refractivity contribution is 6.32. The smallest absolute Gasteiger partial charge is 0.222 e. The van der Waals surface area contributed by atoms with Gasteiger partial charge in [-0.1, -0.05) is 11.6 Å². The second-order valence-electron chi connectivity index (χ2n) is 7.89. The summed E-state index contributed by atoms with van der Waals surface area (Å²) < 4.78 is 5.88. The molecule has 0 saturated heterocycles. The van der Waals surface area contributed by atoms with Gasteiger partial charge in [0.25, 0.3) is 0 Å². The largest absolute Gasteiger partial charge is 0.492 e. The fraction of sp³-hybridized carbons (Fsp3) is 0.409. The van der Waals surface area contributed by atoms with Crippen molar-refractivity contribution in [1.82, 2.24) is 24.8 Å². The maximum atomic E-state index is 12.4. The van der Waals surface area contributed by atoms with Gasteiger partial charge in [-0.2, -0.15) is 0 Å². The van der Waals surface area contributed by atoms with Crippen LogP contribution in [0.5, 0.6) is 5.75 Å². The molecule has 8 nitrogen and oxygen atoms in total. The first kappa shape index (κ1) is 21.4. The lowest BCUT2D eigenvalue weighted by atomic mass is 10.2. The molecule has 4 rings (SSSR count). The SMILES string of the molecule is CN1CCN(C)C(=O)CCCCOc2cc(ccc2Cl)Nc2ncnc3[nH]cc(c23)C1. The number of carbonyl (C=O) groups excluding carboxylic acids is 1. The van der Waals surface area contributed by atoms with Crippen molar-refractivity contribution in [1.29, 1.82) is 0 Å². The molecule has 0 radical (unpaired) electrons. The van der Waals surface area contributed by atoms with E-state index in [1.807, 2.05) is 25.4 Å². The summed E-state index contributed by atoms with van der Waals surface area (Å²) in [6.07, 6.45) is 5.58. The average molecular weight is 443 g/mol. The van der Waals surface area contributed by atoms with Crippen LogP contribution in [0, 0.1) is 0 Å². The first-order valence-electron chi connectivity index (χ1n) is 10.4. The molecule has 1 amide bonds. The van der Waals surface area contributed by atoms with Crippen LogP contribution in [-0.4, -0.2) is 64.5 Å². The van der Waals surface area contributed by atoms with Gasteiger partial charge in [-0.05, 0) is 37.6 Å². The number of halogens is 1. The molecule has 2 aromatic heterocycles. The van der Waals surface area contributed by atoms with Crippen LogP contribution in [0.2, 0.25) is 5.02 Å². The standard InChI is InChI=1S/C22H27ClN6O2/c1-28-8-9-29(2)19(30)5-3-4-10-31-18-11-16(6-7-17(18)23)27-22-20-15(13-28)12-24-21(20)25-14-26-22/h6-7,11-12,14H,3-5,8-10,13H2,1-2H3,(H2,24,25,26,27). The molecular formula is C22H27ClN6O2. The lowest BCUT2D eigenvalue weighted by Crippen LogP contribution is -2.34. The zero-order valence-corrected chi connectivity index (χ0v) is 18.6. The molecule has 0 aliphatic carbocycles. The molecule has 2 bridgehead atoms. The number of anilines is 2. The molecule has 9 heteroatoms. The third kappa shape index (κ3) is 5.08. The first-order valence-corrected chi connectivity index (χ1v) is 10.8. The number of amides is 1. The zero-order valence-electron chi connectivity index (χ0n) is 17.8. The van der Waals surface area contributed by atoms with Gasteiger partial charge in [0.15, 0.2) is 0 Å². The summed E-state index contributed by atoms with van der Waals surface area (Å²) >= 11 is 6.32. The third-order valence-corrected chi connectivity index (χ3v) is 5.78. The highest BCUT2D eigenvalue weighted by Crippen LogP contribution is 2.32. The summed E-state index contributed by atoms with van der Waals surface area (Å²) in [4.78, 5) is 28.5. The molecule has 1 aliphatic heterocycles. The number of ether oxygens (including phenoxy) is 1. The molecule has 2 N–H and O–H groups in total. The molecule has 0 spiro atoms. The van der Waals surface area contributed by atoms with Crippen LogP contribution in [0.25, 0.3) is 11.0 Å². The number of nitrogens with zero attached hydrogens (tertiary/aromatic N) is 4. The van der Waals surface area contributed by atoms with E-state index in [0.29, 0.717) is 36.9 Å². The minimum atomic E-state index is 0.154. The van der Waals surface area contributed by atoms with Crippen molar-refractivity contribution in [3.05, 3.63) is 41.3 Å². The van der Waals surface area contributed by atoms with Crippen LogP contribution in [0.4, 0.5) is 11.5 Å². The van der Waals surface area contributed by atoms with E-state index < -0.39 is 0 Å². The number of hydrogen-bond acceptors (Lipinski definition) is 6. The minimum Gasteiger partial charge on any atom is -0.492 e. The van der Waals surface area contributed by atoms with E-state index in [4.69, 9.17) is 16.3 Å². The Morgan fingerprint density at radius 3 is 2.90 bits per heavy atom. The van der Waals surface area contributed by atoms with E-state index in [2.05, 4.69) is 32.2 Å². The van der Waals surface area contributed by atoms with E-state index in [1.165, 1.54) is 6.33 Å². The quantitative estimate of drug-likeness (QED) is 0.550. The van der Waals surface area contributed by atoms with E-state index in [1.54, 1.807) is 11.0 Å². The molecule has 1 aliphatic rings. The molecule has 1 aromatic carbocycles. The lowest BCUT2D eigenvalue weighted by molar-refractivity contribution is -0.130. The Labute approximate surface area is 186 Å². The maximum absolute atomic E-state index is 12.4. The van der Waals surface area contributed by atoms with E-state index >= 15 is 0 Å². The van der Waals surface area contributed by atoms with Crippen LogP contribution < -0.4 is 10.1 Å². The van der Waals surface area contributed by atoms with Crippen molar-refractivity contribution in [3.63, 3.8) is 0 Å². The van der Waals surface area contributed by atoms with Crippen molar-refractivity contribution in [2.75, 3.05) is 39.1 Å². The van der Waals surface area contributed by atoms with Crippen molar-refractivity contribution < 1.29 is 9.53 Å². The van der Waals surface area contributed by atoms with Crippen molar-refractivity contribution in [2.24, 2.45) is 0 Å². The summed E-state index contributed by atoms with van der Waals surface area (Å²) in [5, 5.41) is 4.88. The minimum absolute atomic E-state index is 0.154. The summed E-state index contributed by atoms with van der Waals surface area (Å²) in [6, 6.07) is 5.57. The number of hydrogen-bond donors (Lipinski definition) is 2. The summed E-state index contributed by atoms with van der Waals surface area (Å²) in [7, 11) is 3.91. The van der Waals surface area contributed by atoms with Crippen LogP contribution in [0.1, 0.15) is 24.8 Å². The number of aromatic nitrogens is 3. The Morgan fingerprint density at radius 1 is 1.16 bits per heavy atom. The van der Waals surface area contributed by atoms with Gasteiger partial charge in [0.1, 0.15) is 23.5 Å². The van der Waals surface area contributed by atoms with Gasteiger partial charge in [0.05, 0.1) is 17.0 Å². The summed E-state index contributed by atoms with van der Waals surface area (Å²) in [5.74, 6) is 1.48. The predicted molar refractivity (Wildman–Crippen MR) is 122 cm³/mol. The summed E-state index contributed by atoms with van der Waals surface area (Å²) in [5.41, 5.74) is 2.69. The normalized spacial score (nSPS) is 17.0. The molecular weight excluding hydrogens is 416 g/mol. The van der Waals surface area contributed by atoms with Crippen molar-refractivity contribution in [3.8, 4) is 5.75 Å². The molecule has 0 fully saturated rings. The van der Waals surface area contributed by atoms with E-state index in [9.17, 15) is 4.79 Å².